The van der Waals surface area contributed by atoms with Crippen LogP contribution in [0.15, 0.2) is 24.4 Å². The van der Waals surface area contributed by atoms with Crippen LogP contribution in [-0.2, 0) is 12.8 Å². The minimum absolute atomic E-state index is 0.271. The third-order valence-corrected chi connectivity index (χ3v) is 4.27. The molecule has 1 fully saturated rings. The van der Waals surface area contributed by atoms with Gasteiger partial charge in [-0.05, 0) is 42.9 Å². The molecule has 2 aromatic rings. The fraction of sp³-hybridized carbons (Fsp3) is 0.412. The van der Waals surface area contributed by atoms with E-state index < -0.39 is 11.6 Å². The number of rotatable bonds is 4. The van der Waals surface area contributed by atoms with Crippen LogP contribution in [0.1, 0.15) is 24.5 Å². The zero-order valence-corrected chi connectivity index (χ0v) is 13.1. The maximum atomic E-state index is 13.3. The minimum atomic E-state index is -0.522. The average molecular weight is 318 g/mol. The van der Waals surface area contributed by atoms with E-state index in [1.807, 2.05) is 0 Å². The lowest BCUT2D eigenvalue weighted by Crippen LogP contribution is -2.23. The van der Waals surface area contributed by atoms with E-state index in [-0.39, 0.29) is 5.95 Å². The summed E-state index contributed by atoms with van der Waals surface area (Å²) in [4.78, 5) is 10.6. The highest BCUT2D eigenvalue weighted by molar-refractivity contribution is 5.49. The summed E-state index contributed by atoms with van der Waals surface area (Å²) in [6.07, 6.45) is 4.23. The van der Waals surface area contributed by atoms with Gasteiger partial charge in [-0.15, -0.1) is 0 Å². The molecule has 2 heterocycles. The van der Waals surface area contributed by atoms with Gasteiger partial charge in [0.15, 0.2) is 0 Å². The second kappa shape index (κ2) is 6.48. The van der Waals surface area contributed by atoms with Gasteiger partial charge >= 0.3 is 0 Å². The van der Waals surface area contributed by atoms with Crippen LogP contribution < -0.4 is 10.6 Å². The highest BCUT2D eigenvalue weighted by Gasteiger charge is 2.25. The van der Waals surface area contributed by atoms with Gasteiger partial charge in [-0.2, -0.15) is 4.98 Å². The van der Waals surface area contributed by atoms with Gasteiger partial charge in [0, 0.05) is 30.9 Å². The Labute approximate surface area is 134 Å². The first-order valence-corrected chi connectivity index (χ1v) is 7.86. The highest BCUT2D eigenvalue weighted by atomic mass is 19.1. The van der Waals surface area contributed by atoms with Crippen LogP contribution in [0.2, 0.25) is 0 Å². The summed E-state index contributed by atoms with van der Waals surface area (Å²) in [7, 11) is 0. The van der Waals surface area contributed by atoms with Crippen LogP contribution >= 0.6 is 0 Å². The zero-order chi connectivity index (χ0) is 16.4. The van der Waals surface area contributed by atoms with Gasteiger partial charge in [0.25, 0.3) is 0 Å². The Balaban J connectivity index is 1.72. The van der Waals surface area contributed by atoms with E-state index in [4.69, 9.17) is 5.73 Å². The van der Waals surface area contributed by atoms with Gasteiger partial charge in [0.05, 0.1) is 0 Å². The van der Waals surface area contributed by atoms with Crippen LogP contribution in [-0.4, -0.2) is 23.1 Å². The van der Waals surface area contributed by atoms with Crippen molar-refractivity contribution in [1.82, 2.24) is 9.97 Å². The van der Waals surface area contributed by atoms with E-state index in [1.54, 1.807) is 6.20 Å². The molecule has 1 aliphatic rings. The topological polar surface area (TPSA) is 55.0 Å². The summed E-state index contributed by atoms with van der Waals surface area (Å²) < 4.78 is 26.6. The molecule has 1 aromatic heterocycles. The van der Waals surface area contributed by atoms with E-state index in [0.29, 0.717) is 17.9 Å². The number of anilines is 2. The summed E-state index contributed by atoms with van der Waals surface area (Å²) in [6, 6.07) is 3.72. The van der Waals surface area contributed by atoms with Crippen molar-refractivity contribution in [1.29, 1.82) is 0 Å². The highest BCUT2D eigenvalue weighted by Crippen LogP contribution is 2.28. The molecule has 0 spiro atoms. The molecular formula is C17H20F2N4. The van der Waals surface area contributed by atoms with Crippen molar-refractivity contribution >= 4 is 11.8 Å². The van der Waals surface area contributed by atoms with Crippen molar-refractivity contribution in [3.63, 3.8) is 0 Å². The molecule has 6 heteroatoms. The number of hydrogen-bond donors (Lipinski definition) is 1. The van der Waals surface area contributed by atoms with Crippen LogP contribution in [0, 0.1) is 17.6 Å². The molecule has 0 saturated carbocycles. The van der Waals surface area contributed by atoms with Crippen molar-refractivity contribution in [3.8, 4) is 0 Å². The average Bonchev–Trinajstić information content (AvgIpc) is 2.94. The molecule has 4 nitrogen and oxygen atoms in total. The minimum Gasteiger partial charge on any atom is -0.368 e. The Bertz CT molecular complexity index is 685. The van der Waals surface area contributed by atoms with Gasteiger partial charge in [0.2, 0.25) is 5.95 Å². The van der Waals surface area contributed by atoms with Crippen molar-refractivity contribution < 1.29 is 8.78 Å². The van der Waals surface area contributed by atoms with Crippen LogP contribution in [0.3, 0.4) is 0 Å². The predicted molar refractivity (Wildman–Crippen MR) is 86.2 cm³/mol. The Kier molecular flexibility index (Phi) is 4.41. The molecule has 0 bridgehead atoms. The summed E-state index contributed by atoms with van der Waals surface area (Å²) in [5, 5.41) is 0. The maximum absolute atomic E-state index is 13.3. The molecule has 3 rings (SSSR count). The van der Waals surface area contributed by atoms with Crippen LogP contribution in [0.5, 0.6) is 0 Å². The van der Waals surface area contributed by atoms with Crippen molar-refractivity contribution in [2.75, 3.05) is 23.7 Å². The summed E-state index contributed by atoms with van der Waals surface area (Å²) in [5.41, 5.74) is 7.48. The molecular weight excluding hydrogens is 298 g/mol. The van der Waals surface area contributed by atoms with Gasteiger partial charge in [0.1, 0.15) is 17.5 Å². The number of benzene rings is 1. The van der Waals surface area contributed by atoms with E-state index >= 15 is 0 Å². The molecule has 1 aliphatic heterocycles. The number of aromatic nitrogens is 2. The van der Waals surface area contributed by atoms with E-state index in [2.05, 4.69) is 21.8 Å². The maximum Gasteiger partial charge on any atom is 0.221 e. The molecule has 1 unspecified atom stereocenters. The van der Waals surface area contributed by atoms with Crippen molar-refractivity contribution in [3.05, 3.63) is 47.2 Å². The second-order valence-electron chi connectivity index (χ2n) is 6.01. The van der Waals surface area contributed by atoms with E-state index in [9.17, 15) is 8.78 Å². The quantitative estimate of drug-likeness (QED) is 0.941. The third kappa shape index (κ3) is 3.57. The number of nitrogen functional groups attached to an aromatic ring is 1. The van der Waals surface area contributed by atoms with Crippen LogP contribution in [0.25, 0.3) is 0 Å². The zero-order valence-electron chi connectivity index (χ0n) is 13.1. The molecule has 0 radical (unpaired) electrons. The molecule has 2 N–H and O–H groups in total. The Morgan fingerprint density at radius 3 is 2.70 bits per heavy atom. The Morgan fingerprint density at radius 2 is 2.00 bits per heavy atom. The molecule has 23 heavy (non-hydrogen) atoms. The predicted octanol–water partition coefficient (Wildman–Crippen LogP) is 2.97. The third-order valence-electron chi connectivity index (χ3n) is 4.27. The molecule has 1 saturated heterocycles. The fourth-order valence-corrected chi connectivity index (χ4v) is 3.19. The monoisotopic (exact) mass is 318 g/mol. The van der Waals surface area contributed by atoms with Gasteiger partial charge in [-0.1, -0.05) is 6.92 Å². The van der Waals surface area contributed by atoms with Crippen LogP contribution in [0.4, 0.5) is 20.5 Å². The second-order valence-corrected chi connectivity index (χ2v) is 6.01. The van der Waals surface area contributed by atoms with Crippen molar-refractivity contribution in [2.45, 2.75) is 26.2 Å². The Morgan fingerprint density at radius 1 is 1.26 bits per heavy atom. The molecule has 0 amide bonds. The molecule has 1 aromatic carbocycles. The standard InChI is InChI=1S/C17H20F2N4/c1-2-13-9-21-17(20)22-16(13)23-4-3-11(10-23)5-12-6-14(18)8-15(19)7-12/h6-9,11H,2-5,10H2,1H3,(H2,20,21,22). The number of nitrogens with zero attached hydrogens (tertiary/aromatic N) is 3. The lowest BCUT2D eigenvalue weighted by Gasteiger charge is -2.20. The summed E-state index contributed by atoms with van der Waals surface area (Å²) in [5.74, 6) is 0.455. The molecule has 122 valence electrons. The first kappa shape index (κ1) is 15.6. The lowest BCUT2D eigenvalue weighted by molar-refractivity contribution is 0.558. The molecule has 1 atom stereocenters. The fourth-order valence-electron chi connectivity index (χ4n) is 3.19. The lowest BCUT2D eigenvalue weighted by atomic mass is 9.98. The molecule has 0 aliphatic carbocycles. The van der Waals surface area contributed by atoms with Gasteiger partial charge in [-0.25, -0.2) is 13.8 Å². The van der Waals surface area contributed by atoms with E-state index in [1.165, 1.54) is 12.1 Å². The summed E-state index contributed by atoms with van der Waals surface area (Å²) in [6.45, 7) is 3.73. The first-order chi connectivity index (χ1) is 11.0. The smallest absolute Gasteiger partial charge is 0.221 e. The van der Waals surface area contributed by atoms with E-state index in [0.717, 1.165) is 43.4 Å². The SMILES string of the molecule is CCc1cnc(N)nc1N1CCC(Cc2cc(F)cc(F)c2)C1. The van der Waals surface area contributed by atoms with Crippen molar-refractivity contribution in [2.24, 2.45) is 5.92 Å². The first-order valence-electron chi connectivity index (χ1n) is 7.86. The number of aryl methyl sites for hydroxylation is 1. The summed E-state index contributed by atoms with van der Waals surface area (Å²) >= 11 is 0. The van der Waals surface area contributed by atoms with Gasteiger partial charge in [-0.3, -0.25) is 0 Å². The number of nitrogens with two attached hydrogens (primary N) is 1. The number of halogens is 2. The number of hydrogen-bond acceptors (Lipinski definition) is 4. The largest absolute Gasteiger partial charge is 0.368 e. The van der Waals surface area contributed by atoms with Gasteiger partial charge < -0.3 is 10.6 Å². The Hall–Kier alpha value is -2.24. The normalized spacial score (nSPS) is 17.7.